The predicted molar refractivity (Wildman–Crippen MR) is 88.7 cm³/mol. The number of aryl methyl sites for hydroxylation is 1. The molecule has 3 rings (SSSR count). The van der Waals surface area contributed by atoms with Gasteiger partial charge in [-0.05, 0) is 24.3 Å². The van der Waals surface area contributed by atoms with E-state index in [1.165, 1.54) is 0 Å². The molecule has 1 amide bonds. The number of rotatable bonds is 5. The van der Waals surface area contributed by atoms with Gasteiger partial charge >= 0.3 is 0 Å². The molecule has 0 bridgehead atoms. The van der Waals surface area contributed by atoms with Gasteiger partial charge in [-0.15, -0.1) is 11.3 Å². The largest absolute Gasteiger partial charge is 0.326 e. The smallest absolute Gasteiger partial charge is 0.224 e. The van der Waals surface area contributed by atoms with Crippen molar-refractivity contribution in [1.82, 2.24) is 9.97 Å². The normalized spacial score (nSPS) is 10.4. The molecule has 0 aliphatic heterocycles. The van der Waals surface area contributed by atoms with Crippen LogP contribution in [0.4, 0.5) is 5.69 Å². The van der Waals surface area contributed by atoms with Crippen molar-refractivity contribution in [2.45, 2.75) is 12.8 Å². The lowest BCUT2D eigenvalue weighted by Crippen LogP contribution is -2.12. The standard InChI is InChI=1S/C17H15N3OS/c21-16(19-13-6-2-1-3-7-13)9-10-17-20-15(12-22-17)14-8-4-5-11-18-14/h1-8,11-12H,9-10H2,(H,19,21). The minimum atomic E-state index is 0.000728. The Labute approximate surface area is 132 Å². The second-order valence-corrected chi connectivity index (χ2v) is 5.70. The van der Waals surface area contributed by atoms with Crippen molar-refractivity contribution in [3.05, 3.63) is 65.1 Å². The number of hydrogen-bond acceptors (Lipinski definition) is 4. The van der Waals surface area contributed by atoms with Crippen LogP contribution < -0.4 is 5.32 Å². The van der Waals surface area contributed by atoms with Crippen LogP contribution in [0.2, 0.25) is 0 Å². The zero-order chi connectivity index (χ0) is 15.2. The maximum Gasteiger partial charge on any atom is 0.224 e. The lowest BCUT2D eigenvalue weighted by atomic mass is 10.2. The van der Waals surface area contributed by atoms with Crippen LogP contribution in [0.25, 0.3) is 11.4 Å². The van der Waals surface area contributed by atoms with E-state index in [0.29, 0.717) is 12.8 Å². The van der Waals surface area contributed by atoms with Crippen molar-refractivity contribution in [3.63, 3.8) is 0 Å². The summed E-state index contributed by atoms with van der Waals surface area (Å²) >= 11 is 1.56. The van der Waals surface area contributed by atoms with Crippen molar-refractivity contribution in [2.75, 3.05) is 5.32 Å². The van der Waals surface area contributed by atoms with Crippen LogP contribution in [0.1, 0.15) is 11.4 Å². The van der Waals surface area contributed by atoms with E-state index >= 15 is 0 Å². The number of thiazole rings is 1. The molecular weight excluding hydrogens is 294 g/mol. The van der Waals surface area contributed by atoms with Crippen molar-refractivity contribution < 1.29 is 4.79 Å². The molecule has 2 heterocycles. The maximum absolute atomic E-state index is 11.9. The summed E-state index contributed by atoms with van der Waals surface area (Å²) in [5.41, 5.74) is 2.55. The van der Waals surface area contributed by atoms with E-state index in [9.17, 15) is 4.79 Å². The van der Waals surface area contributed by atoms with E-state index in [4.69, 9.17) is 0 Å². The first-order valence-corrected chi connectivity index (χ1v) is 7.90. The van der Waals surface area contributed by atoms with E-state index in [1.54, 1.807) is 17.5 Å². The first kappa shape index (κ1) is 14.4. The predicted octanol–water partition coefficient (Wildman–Crippen LogP) is 3.78. The summed E-state index contributed by atoms with van der Waals surface area (Å²) in [7, 11) is 0. The molecule has 5 heteroatoms. The van der Waals surface area contributed by atoms with Crippen molar-refractivity contribution in [3.8, 4) is 11.4 Å². The molecule has 4 nitrogen and oxygen atoms in total. The average molecular weight is 309 g/mol. The molecule has 0 aliphatic carbocycles. The zero-order valence-electron chi connectivity index (χ0n) is 11.9. The van der Waals surface area contributed by atoms with Gasteiger partial charge in [0.2, 0.25) is 5.91 Å². The summed E-state index contributed by atoms with van der Waals surface area (Å²) in [6.07, 6.45) is 2.81. The van der Waals surface area contributed by atoms with E-state index in [1.807, 2.05) is 53.9 Å². The summed E-state index contributed by atoms with van der Waals surface area (Å²) in [5.74, 6) is 0.000728. The molecule has 22 heavy (non-hydrogen) atoms. The van der Waals surface area contributed by atoms with Crippen molar-refractivity contribution >= 4 is 22.9 Å². The molecule has 0 saturated carbocycles. The van der Waals surface area contributed by atoms with E-state index in [2.05, 4.69) is 15.3 Å². The Morgan fingerprint density at radius 3 is 2.64 bits per heavy atom. The lowest BCUT2D eigenvalue weighted by molar-refractivity contribution is -0.116. The summed E-state index contributed by atoms with van der Waals surface area (Å²) in [4.78, 5) is 20.7. The zero-order valence-corrected chi connectivity index (χ0v) is 12.7. The van der Waals surface area contributed by atoms with Crippen molar-refractivity contribution in [1.29, 1.82) is 0 Å². The minimum Gasteiger partial charge on any atom is -0.326 e. The van der Waals surface area contributed by atoms with Gasteiger partial charge in [0.15, 0.2) is 0 Å². The molecule has 0 atom stereocenters. The molecule has 0 spiro atoms. The van der Waals surface area contributed by atoms with Gasteiger partial charge in [-0.1, -0.05) is 24.3 Å². The molecule has 0 aliphatic rings. The van der Waals surface area contributed by atoms with Crippen LogP contribution in [0.15, 0.2) is 60.1 Å². The van der Waals surface area contributed by atoms with Gasteiger partial charge in [-0.25, -0.2) is 4.98 Å². The van der Waals surface area contributed by atoms with Gasteiger partial charge in [-0.3, -0.25) is 9.78 Å². The van der Waals surface area contributed by atoms with Crippen LogP contribution in [0, 0.1) is 0 Å². The Balaban J connectivity index is 1.56. The fourth-order valence-corrected chi connectivity index (χ4v) is 2.82. The summed E-state index contributed by atoms with van der Waals surface area (Å²) in [5, 5.41) is 5.80. The van der Waals surface area contributed by atoms with Gasteiger partial charge in [0.25, 0.3) is 0 Å². The number of nitrogens with one attached hydrogen (secondary N) is 1. The highest BCUT2D eigenvalue weighted by atomic mass is 32.1. The molecule has 0 fully saturated rings. The van der Waals surface area contributed by atoms with Crippen LogP contribution in [0.5, 0.6) is 0 Å². The second kappa shape index (κ2) is 6.95. The van der Waals surface area contributed by atoms with Crippen molar-refractivity contribution in [2.24, 2.45) is 0 Å². The number of hydrogen-bond donors (Lipinski definition) is 1. The molecule has 3 aromatic rings. The molecule has 1 N–H and O–H groups in total. The third kappa shape index (κ3) is 3.77. The van der Waals surface area contributed by atoms with Crippen LogP contribution >= 0.6 is 11.3 Å². The van der Waals surface area contributed by atoms with Gasteiger partial charge in [0, 0.05) is 30.1 Å². The highest BCUT2D eigenvalue weighted by Crippen LogP contribution is 2.20. The maximum atomic E-state index is 11.9. The average Bonchev–Trinajstić information content (AvgIpc) is 3.04. The summed E-state index contributed by atoms with van der Waals surface area (Å²) < 4.78 is 0. The number of aromatic nitrogens is 2. The minimum absolute atomic E-state index is 0.000728. The lowest BCUT2D eigenvalue weighted by Gasteiger charge is -2.03. The number of carbonyl (C=O) groups excluding carboxylic acids is 1. The molecule has 110 valence electrons. The Morgan fingerprint density at radius 2 is 1.86 bits per heavy atom. The molecule has 0 saturated heterocycles. The number of benzene rings is 1. The molecule has 1 aromatic carbocycles. The third-order valence-corrected chi connectivity index (χ3v) is 4.01. The Bertz CT molecular complexity index is 741. The Morgan fingerprint density at radius 1 is 1.05 bits per heavy atom. The first-order valence-electron chi connectivity index (χ1n) is 7.02. The van der Waals surface area contributed by atoms with Gasteiger partial charge in [0.05, 0.1) is 16.4 Å². The summed E-state index contributed by atoms with van der Waals surface area (Å²) in [6, 6.07) is 15.2. The molecule has 2 aromatic heterocycles. The highest BCUT2D eigenvalue weighted by molar-refractivity contribution is 7.09. The molecule has 0 radical (unpaired) electrons. The quantitative estimate of drug-likeness (QED) is 0.780. The number of para-hydroxylation sites is 1. The molecular formula is C17H15N3OS. The topological polar surface area (TPSA) is 54.9 Å². The molecule has 0 unspecified atom stereocenters. The van der Waals surface area contributed by atoms with Gasteiger partial charge < -0.3 is 5.32 Å². The van der Waals surface area contributed by atoms with Crippen LogP contribution in [-0.4, -0.2) is 15.9 Å². The Kier molecular flexibility index (Phi) is 4.56. The second-order valence-electron chi connectivity index (χ2n) is 4.76. The number of pyridine rings is 1. The van der Waals surface area contributed by atoms with Crippen LogP contribution in [0.3, 0.4) is 0 Å². The van der Waals surface area contributed by atoms with Crippen LogP contribution in [-0.2, 0) is 11.2 Å². The fraction of sp³-hybridized carbons (Fsp3) is 0.118. The Hall–Kier alpha value is -2.53. The van der Waals surface area contributed by atoms with E-state index in [-0.39, 0.29) is 5.91 Å². The monoisotopic (exact) mass is 309 g/mol. The number of nitrogens with zero attached hydrogens (tertiary/aromatic N) is 2. The third-order valence-electron chi connectivity index (χ3n) is 3.10. The SMILES string of the molecule is O=C(CCc1nc(-c2ccccn2)cs1)Nc1ccccc1. The summed E-state index contributed by atoms with van der Waals surface area (Å²) in [6.45, 7) is 0. The van der Waals surface area contributed by atoms with E-state index < -0.39 is 0 Å². The first-order chi connectivity index (χ1) is 10.8. The van der Waals surface area contributed by atoms with E-state index in [0.717, 1.165) is 22.1 Å². The number of anilines is 1. The highest BCUT2D eigenvalue weighted by Gasteiger charge is 2.08. The van der Waals surface area contributed by atoms with Gasteiger partial charge in [-0.2, -0.15) is 0 Å². The van der Waals surface area contributed by atoms with Gasteiger partial charge in [0.1, 0.15) is 0 Å². The number of carbonyl (C=O) groups is 1. The fourth-order valence-electron chi connectivity index (χ4n) is 2.02. The number of amides is 1.